The van der Waals surface area contributed by atoms with E-state index in [1.165, 1.54) is 0 Å². The maximum Gasteiger partial charge on any atom is 0.258 e. The SMILES string of the molecule is CCc1cc(Br)ccc1NC(=O)c1cc(Br)cnc1Cl. The summed E-state index contributed by atoms with van der Waals surface area (Å²) in [5, 5.41) is 3.05. The van der Waals surface area contributed by atoms with E-state index in [1.807, 2.05) is 25.1 Å². The zero-order valence-corrected chi connectivity index (χ0v) is 14.5. The van der Waals surface area contributed by atoms with Crippen molar-refractivity contribution in [2.75, 3.05) is 5.32 Å². The fourth-order valence-corrected chi connectivity index (χ4v) is 2.68. The van der Waals surface area contributed by atoms with Crippen molar-refractivity contribution in [1.29, 1.82) is 0 Å². The van der Waals surface area contributed by atoms with Crippen LogP contribution in [0.1, 0.15) is 22.8 Å². The minimum atomic E-state index is -0.277. The molecule has 20 heavy (non-hydrogen) atoms. The van der Waals surface area contributed by atoms with Gasteiger partial charge in [-0.2, -0.15) is 0 Å². The summed E-state index contributed by atoms with van der Waals surface area (Å²) in [5.74, 6) is -0.277. The average molecular weight is 419 g/mol. The monoisotopic (exact) mass is 416 g/mol. The third-order valence-corrected chi connectivity index (χ3v) is 3.97. The van der Waals surface area contributed by atoms with E-state index in [0.29, 0.717) is 10.0 Å². The number of carbonyl (C=O) groups is 1. The van der Waals surface area contributed by atoms with Gasteiger partial charge in [0.05, 0.1) is 5.56 Å². The van der Waals surface area contributed by atoms with Gasteiger partial charge in [0.25, 0.3) is 5.91 Å². The summed E-state index contributed by atoms with van der Waals surface area (Å²) in [5.41, 5.74) is 2.16. The van der Waals surface area contributed by atoms with E-state index in [4.69, 9.17) is 11.6 Å². The number of aryl methyl sites for hydroxylation is 1. The van der Waals surface area contributed by atoms with Crippen molar-refractivity contribution in [2.45, 2.75) is 13.3 Å². The van der Waals surface area contributed by atoms with Crippen LogP contribution in [0.2, 0.25) is 5.15 Å². The fraction of sp³-hybridized carbons (Fsp3) is 0.143. The Morgan fingerprint density at radius 2 is 2.05 bits per heavy atom. The Morgan fingerprint density at radius 1 is 1.30 bits per heavy atom. The molecule has 0 atom stereocenters. The number of carbonyl (C=O) groups excluding carboxylic acids is 1. The number of rotatable bonds is 3. The lowest BCUT2D eigenvalue weighted by Crippen LogP contribution is -2.14. The topological polar surface area (TPSA) is 42.0 Å². The van der Waals surface area contributed by atoms with Crippen LogP contribution in [0.3, 0.4) is 0 Å². The minimum Gasteiger partial charge on any atom is -0.322 e. The highest BCUT2D eigenvalue weighted by molar-refractivity contribution is 9.10. The normalized spacial score (nSPS) is 10.4. The molecule has 1 N–H and O–H groups in total. The van der Waals surface area contributed by atoms with Gasteiger partial charge in [-0.1, -0.05) is 34.5 Å². The van der Waals surface area contributed by atoms with Gasteiger partial charge >= 0.3 is 0 Å². The maximum absolute atomic E-state index is 12.3. The number of hydrogen-bond acceptors (Lipinski definition) is 2. The molecule has 6 heteroatoms. The van der Waals surface area contributed by atoms with Crippen LogP contribution >= 0.6 is 43.5 Å². The van der Waals surface area contributed by atoms with E-state index < -0.39 is 0 Å². The highest BCUT2D eigenvalue weighted by Gasteiger charge is 2.13. The minimum absolute atomic E-state index is 0.181. The van der Waals surface area contributed by atoms with E-state index in [9.17, 15) is 4.79 Å². The molecule has 0 unspecified atom stereocenters. The van der Waals surface area contributed by atoms with Crippen LogP contribution in [0.5, 0.6) is 0 Å². The van der Waals surface area contributed by atoms with Gasteiger partial charge in [-0.15, -0.1) is 0 Å². The molecule has 2 aromatic rings. The van der Waals surface area contributed by atoms with Crippen molar-refractivity contribution in [1.82, 2.24) is 4.98 Å². The number of nitrogens with one attached hydrogen (secondary N) is 1. The Hall–Kier alpha value is -0.910. The highest BCUT2D eigenvalue weighted by Crippen LogP contribution is 2.24. The molecule has 0 saturated heterocycles. The third-order valence-electron chi connectivity index (χ3n) is 2.75. The van der Waals surface area contributed by atoms with Crippen molar-refractivity contribution < 1.29 is 4.79 Å². The zero-order chi connectivity index (χ0) is 14.7. The second-order valence-electron chi connectivity index (χ2n) is 4.10. The van der Waals surface area contributed by atoms with Crippen LogP contribution in [0.25, 0.3) is 0 Å². The predicted molar refractivity (Wildman–Crippen MR) is 88.4 cm³/mol. The van der Waals surface area contributed by atoms with E-state index in [1.54, 1.807) is 12.3 Å². The standard InChI is InChI=1S/C14H11Br2ClN2O/c1-2-8-5-9(15)3-4-12(8)19-14(20)11-6-10(16)7-18-13(11)17/h3-7H,2H2,1H3,(H,19,20). The quantitative estimate of drug-likeness (QED) is 0.707. The summed E-state index contributed by atoms with van der Waals surface area (Å²) in [7, 11) is 0. The molecular weight excluding hydrogens is 407 g/mol. The van der Waals surface area contributed by atoms with Gasteiger partial charge in [-0.25, -0.2) is 4.98 Å². The molecule has 1 aromatic carbocycles. The van der Waals surface area contributed by atoms with Crippen molar-refractivity contribution >= 4 is 55.1 Å². The number of benzene rings is 1. The van der Waals surface area contributed by atoms with Gasteiger partial charge < -0.3 is 5.32 Å². The van der Waals surface area contributed by atoms with E-state index in [-0.39, 0.29) is 11.1 Å². The molecule has 1 aromatic heterocycles. The molecule has 0 saturated carbocycles. The molecule has 2 rings (SSSR count). The number of aromatic nitrogens is 1. The second kappa shape index (κ2) is 6.70. The lowest BCUT2D eigenvalue weighted by atomic mass is 10.1. The molecular formula is C14H11Br2ClN2O. The molecule has 0 aliphatic heterocycles. The van der Waals surface area contributed by atoms with Crippen molar-refractivity contribution in [3.63, 3.8) is 0 Å². The number of nitrogens with zero attached hydrogens (tertiary/aromatic N) is 1. The summed E-state index contributed by atoms with van der Waals surface area (Å²) in [6, 6.07) is 7.38. The van der Waals surface area contributed by atoms with E-state index >= 15 is 0 Å². The molecule has 0 spiro atoms. The zero-order valence-electron chi connectivity index (χ0n) is 10.6. The summed E-state index contributed by atoms with van der Waals surface area (Å²) in [6.07, 6.45) is 2.37. The van der Waals surface area contributed by atoms with Crippen LogP contribution in [-0.4, -0.2) is 10.9 Å². The molecule has 0 fully saturated rings. The van der Waals surface area contributed by atoms with Gasteiger partial charge in [0.15, 0.2) is 0 Å². The van der Waals surface area contributed by atoms with Gasteiger partial charge in [-0.05, 0) is 52.2 Å². The van der Waals surface area contributed by atoms with Gasteiger partial charge in [-0.3, -0.25) is 4.79 Å². The van der Waals surface area contributed by atoms with Crippen LogP contribution in [0.15, 0.2) is 39.4 Å². The first-order valence-corrected chi connectivity index (χ1v) is 7.88. The Morgan fingerprint density at radius 3 is 2.75 bits per heavy atom. The van der Waals surface area contributed by atoms with Crippen LogP contribution < -0.4 is 5.32 Å². The Labute approximate surface area is 139 Å². The predicted octanol–water partition coefficient (Wildman–Crippen LogP) is 5.07. The number of hydrogen-bond donors (Lipinski definition) is 1. The Kier molecular flexibility index (Phi) is 5.18. The van der Waals surface area contributed by atoms with Crippen LogP contribution in [-0.2, 0) is 6.42 Å². The summed E-state index contributed by atoms with van der Waals surface area (Å²) in [6.45, 7) is 2.03. The number of halogens is 3. The lowest BCUT2D eigenvalue weighted by Gasteiger charge is -2.11. The summed E-state index contributed by atoms with van der Waals surface area (Å²) < 4.78 is 1.69. The van der Waals surface area contributed by atoms with Gasteiger partial charge in [0.1, 0.15) is 5.15 Å². The van der Waals surface area contributed by atoms with E-state index in [2.05, 4.69) is 42.2 Å². The van der Waals surface area contributed by atoms with Crippen molar-refractivity contribution in [3.05, 3.63) is 55.7 Å². The van der Waals surface area contributed by atoms with Crippen molar-refractivity contribution in [2.24, 2.45) is 0 Å². The first-order valence-electron chi connectivity index (χ1n) is 5.92. The Balaban J connectivity index is 2.30. The molecule has 3 nitrogen and oxygen atoms in total. The number of amides is 1. The van der Waals surface area contributed by atoms with E-state index in [0.717, 1.165) is 22.1 Å². The third kappa shape index (κ3) is 3.59. The fourth-order valence-electron chi connectivity index (χ4n) is 1.75. The average Bonchev–Trinajstić information content (AvgIpc) is 2.43. The Bertz CT molecular complexity index is 662. The first kappa shape index (κ1) is 15.5. The summed E-state index contributed by atoms with van der Waals surface area (Å²) >= 11 is 12.7. The van der Waals surface area contributed by atoms with Crippen LogP contribution in [0, 0.1) is 0 Å². The van der Waals surface area contributed by atoms with Crippen LogP contribution in [0.4, 0.5) is 5.69 Å². The smallest absolute Gasteiger partial charge is 0.258 e. The lowest BCUT2D eigenvalue weighted by molar-refractivity contribution is 0.102. The molecule has 0 aliphatic rings. The molecule has 104 valence electrons. The largest absolute Gasteiger partial charge is 0.322 e. The van der Waals surface area contributed by atoms with Gasteiger partial charge in [0, 0.05) is 20.8 Å². The molecule has 0 bridgehead atoms. The molecule has 1 amide bonds. The molecule has 0 radical (unpaired) electrons. The molecule has 0 aliphatic carbocycles. The second-order valence-corrected chi connectivity index (χ2v) is 6.29. The number of anilines is 1. The van der Waals surface area contributed by atoms with Gasteiger partial charge in [0.2, 0.25) is 0 Å². The number of pyridine rings is 1. The molecule has 1 heterocycles. The summed E-state index contributed by atoms with van der Waals surface area (Å²) in [4.78, 5) is 16.2. The maximum atomic E-state index is 12.3. The first-order chi connectivity index (χ1) is 9.51. The van der Waals surface area contributed by atoms with Crippen molar-refractivity contribution in [3.8, 4) is 0 Å². The highest BCUT2D eigenvalue weighted by atomic mass is 79.9.